The minimum Gasteiger partial charge on any atom is -0.394 e. The fourth-order valence-corrected chi connectivity index (χ4v) is 10.1. The summed E-state index contributed by atoms with van der Waals surface area (Å²) in [6, 6.07) is -0.806. The maximum Gasteiger partial charge on any atom is 0.220 e. The van der Waals surface area contributed by atoms with Crippen LogP contribution < -0.4 is 5.32 Å². The van der Waals surface area contributed by atoms with E-state index in [-0.39, 0.29) is 12.5 Å². The summed E-state index contributed by atoms with van der Waals surface area (Å²) in [5.74, 6) is -0.173. The van der Waals surface area contributed by atoms with Gasteiger partial charge in [0.25, 0.3) is 0 Å². The van der Waals surface area contributed by atoms with E-state index >= 15 is 0 Å². The van der Waals surface area contributed by atoms with E-state index in [1.807, 2.05) is 6.08 Å². The van der Waals surface area contributed by atoms with Crippen LogP contribution in [0.4, 0.5) is 0 Å². The van der Waals surface area contributed by atoms with Crippen LogP contribution >= 0.6 is 0 Å². The van der Waals surface area contributed by atoms with Gasteiger partial charge in [0.15, 0.2) is 6.29 Å². The van der Waals surface area contributed by atoms with Crippen LogP contribution in [0, 0.1) is 0 Å². The number of carbonyl (C=O) groups is 1. The van der Waals surface area contributed by atoms with E-state index in [2.05, 4.69) is 55.6 Å². The fourth-order valence-electron chi connectivity index (χ4n) is 10.1. The molecule has 1 saturated heterocycles. The van der Waals surface area contributed by atoms with Crippen LogP contribution in [0.2, 0.25) is 0 Å². The highest BCUT2D eigenvalue weighted by atomic mass is 16.7. The lowest BCUT2D eigenvalue weighted by Crippen LogP contribution is -2.60. The largest absolute Gasteiger partial charge is 0.394 e. The summed E-state index contributed by atoms with van der Waals surface area (Å²) >= 11 is 0. The number of aliphatic hydroxyl groups is 5. The predicted octanol–water partition coefficient (Wildman–Crippen LogP) is 16.5. The Morgan fingerprint density at radius 2 is 0.797 bits per heavy atom. The zero-order chi connectivity index (χ0) is 53.6. The Morgan fingerprint density at radius 3 is 1.18 bits per heavy atom. The van der Waals surface area contributed by atoms with Crippen molar-refractivity contribution in [1.82, 2.24) is 5.32 Å². The lowest BCUT2D eigenvalue weighted by atomic mass is 9.99. The van der Waals surface area contributed by atoms with Gasteiger partial charge in [-0.05, 0) is 57.8 Å². The van der Waals surface area contributed by atoms with E-state index in [0.29, 0.717) is 6.42 Å². The van der Waals surface area contributed by atoms with Gasteiger partial charge in [0, 0.05) is 6.42 Å². The van der Waals surface area contributed by atoms with Crippen molar-refractivity contribution >= 4 is 5.91 Å². The summed E-state index contributed by atoms with van der Waals surface area (Å²) in [6.07, 6.45) is 66.2. The Hall–Kier alpha value is -1.85. The quantitative estimate of drug-likeness (QED) is 0.0261. The van der Waals surface area contributed by atoms with Crippen LogP contribution in [0.3, 0.4) is 0 Å². The molecule has 9 nitrogen and oxygen atoms in total. The zero-order valence-electron chi connectivity index (χ0n) is 48.4. The second kappa shape index (κ2) is 54.5. The van der Waals surface area contributed by atoms with E-state index in [1.165, 1.54) is 231 Å². The van der Waals surface area contributed by atoms with Crippen molar-refractivity contribution in [3.63, 3.8) is 0 Å². The van der Waals surface area contributed by atoms with E-state index in [4.69, 9.17) is 9.47 Å². The number of rotatable bonds is 55. The average molecular weight is 1040 g/mol. The molecule has 434 valence electrons. The third-order valence-corrected chi connectivity index (χ3v) is 15.1. The standard InChI is InChI=1S/C65H121NO8/c1-3-5-7-9-11-13-15-17-19-21-23-25-26-27-28-29-30-31-32-33-34-35-37-39-41-43-45-47-49-51-53-55-61(69)66-58(57-73-65-64(72)63(71)62(70)60(56-67)74-65)59(68)54-52-50-48-46-44-42-40-38-36-24-22-20-18-16-14-12-10-8-6-4-2/h15,17,21,23,26-27,52,54,58-60,62-65,67-68,70-72H,3-14,16,18-20,22,24-25,28-51,53,55-57H2,1-2H3,(H,66,69)/b17-15-,23-21-,27-26-,54-52+. The zero-order valence-corrected chi connectivity index (χ0v) is 48.4. The first-order valence-corrected chi connectivity index (χ1v) is 31.9. The number of unbranched alkanes of at least 4 members (excludes halogenated alkanes) is 39. The van der Waals surface area contributed by atoms with E-state index < -0.39 is 49.5 Å². The molecule has 1 amide bonds. The van der Waals surface area contributed by atoms with Gasteiger partial charge in [-0.2, -0.15) is 0 Å². The summed E-state index contributed by atoms with van der Waals surface area (Å²) in [5.41, 5.74) is 0. The van der Waals surface area contributed by atoms with Crippen LogP contribution in [-0.4, -0.2) is 87.5 Å². The van der Waals surface area contributed by atoms with Crippen molar-refractivity contribution in [2.45, 2.75) is 346 Å². The molecule has 1 fully saturated rings. The van der Waals surface area contributed by atoms with Gasteiger partial charge in [0.05, 0.1) is 25.4 Å². The van der Waals surface area contributed by atoms with Gasteiger partial charge in [-0.3, -0.25) is 4.79 Å². The summed E-state index contributed by atoms with van der Waals surface area (Å²) in [5, 5.41) is 54.6. The Labute approximate surface area is 456 Å². The lowest BCUT2D eigenvalue weighted by Gasteiger charge is -2.40. The molecule has 9 heteroatoms. The molecule has 0 spiro atoms. The molecule has 7 atom stereocenters. The van der Waals surface area contributed by atoms with Gasteiger partial charge in [-0.1, -0.05) is 287 Å². The van der Waals surface area contributed by atoms with E-state index in [0.717, 1.165) is 51.4 Å². The number of hydrogen-bond acceptors (Lipinski definition) is 8. The van der Waals surface area contributed by atoms with Crippen molar-refractivity contribution in [3.05, 3.63) is 48.6 Å². The lowest BCUT2D eigenvalue weighted by molar-refractivity contribution is -0.302. The molecule has 74 heavy (non-hydrogen) atoms. The Balaban J connectivity index is 2.16. The van der Waals surface area contributed by atoms with E-state index in [1.54, 1.807) is 6.08 Å². The molecule has 1 rings (SSSR count). The minimum absolute atomic E-state index is 0.173. The van der Waals surface area contributed by atoms with E-state index in [9.17, 15) is 30.3 Å². The molecule has 0 bridgehead atoms. The smallest absolute Gasteiger partial charge is 0.220 e. The molecular weight excluding hydrogens is 923 g/mol. The second-order valence-corrected chi connectivity index (χ2v) is 22.2. The molecular formula is C65H121NO8. The van der Waals surface area contributed by atoms with Crippen LogP contribution in [0.1, 0.15) is 303 Å². The van der Waals surface area contributed by atoms with Crippen LogP contribution in [-0.2, 0) is 14.3 Å². The van der Waals surface area contributed by atoms with Gasteiger partial charge in [0.1, 0.15) is 24.4 Å². The second-order valence-electron chi connectivity index (χ2n) is 22.2. The predicted molar refractivity (Wildman–Crippen MR) is 313 cm³/mol. The number of aliphatic hydroxyl groups excluding tert-OH is 5. The molecule has 0 aliphatic carbocycles. The highest BCUT2D eigenvalue weighted by Gasteiger charge is 2.44. The van der Waals surface area contributed by atoms with Gasteiger partial charge in [0.2, 0.25) is 5.91 Å². The highest BCUT2D eigenvalue weighted by Crippen LogP contribution is 2.23. The third-order valence-electron chi connectivity index (χ3n) is 15.1. The van der Waals surface area contributed by atoms with Gasteiger partial charge in [-0.25, -0.2) is 0 Å². The molecule has 0 aromatic rings. The highest BCUT2D eigenvalue weighted by molar-refractivity contribution is 5.76. The van der Waals surface area contributed by atoms with Crippen molar-refractivity contribution < 1.29 is 39.8 Å². The first kappa shape index (κ1) is 70.2. The van der Waals surface area contributed by atoms with Gasteiger partial charge in [-0.15, -0.1) is 0 Å². The Kier molecular flexibility index (Phi) is 51.7. The van der Waals surface area contributed by atoms with Gasteiger partial charge < -0.3 is 40.3 Å². The van der Waals surface area contributed by atoms with Crippen molar-refractivity contribution in [2.75, 3.05) is 13.2 Å². The monoisotopic (exact) mass is 1040 g/mol. The van der Waals surface area contributed by atoms with Crippen LogP contribution in [0.15, 0.2) is 48.6 Å². The summed E-state index contributed by atoms with van der Waals surface area (Å²) < 4.78 is 11.3. The maximum atomic E-state index is 13.1. The fraction of sp³-hybridized carbons (Fsp3) is 0.862. The topological polar surface area (TPSA) is 149 Å². The SMILES string of the molecule is CCCCCCC/C=C\C/C=C\C/C=C\CCCCCCCCCCCCCCCCCCC(=O)NC(COC1OC(CO)C(O)C(O)C1O)C(O)/C=C/CCCCCCCCCCCCCCCCCCCC. The Bertz CT molecular complexity index is 1300. The van der Waals surface area contributed by atoms with Crippen LogP contribution in [0.25, 0.3) is 0 Å². The number of carbonyl (C=O) groups excluding carboxylic acids is 1. The number of allylic oxidation sites excluding steroid dienone is 7. The van der Waals surface area contributed by atoms with Crippen molar-refractivity contribution in [2.24, 2.45) is 0 Å². The number of nitrogens with one attached hydrogen (secondary N) is 1. The maximum absolute atomic E-state index is 13.1. The number of amides is 1. The summed E-state index contributed by atoms with van der Waals surface area (Å²) in [4.78, 5) is 13.1. The molecule has 0 aromatic heterocycles. The van der Waals surface area contributed by atoms with Crippen LogP contribution in [0.5, 0.6) is 0 Å². The molecule has 1 heterocycles. The molecule has 0 radical (unpaired) electrons. The molecule has 0 saturated carbocycles. The average Bonchev–Trinajstić information content (AvgIpc) is 3.40. The van der Waals surface area contributed by atoms with Gasteiger partial charge >= 0.3 is 0 Å². The molecule has 6 N–H and O–H groups in total. The minimum atomic E-state index is -1.57. The first-order valence-electron chi connectivity index (χ1n) is 31.9. The summed E-state index contributed by atoms with van der Waals surface area (Å²) in [6.45, 7) is 3.80. The van der Waals surface area contributed by atoms with Crippen molar-refractivity contribution in [3.8, 4) is 0 Å². The number of hydrogen-bond donors (Lipinski definition) is 6. The molecule has 1 aliphatic heterocycles. The first-order chi connectivity index (χ1) is 36.3. The summed E-state index contributed by atoms with van der Waals surface area (Å²) in [7, 11) is 0. The molecule has 1 aliphatic rings. The molecule has 0 aromatic carbocycles. The van der Waals surface area contributed by atoms with Crippen molar-refractivity contribution in [1.29, 1.82) is 0 Å². The Morgan fingerprint density at radius 1 is 0.459 bits per heavy atom. The number of ether oxygens (including phenoxy) is 2. The third kappa shape index (κ3) is 43.2. The molecule has 7 unspecified atom stereocenters. The normalized spacial score (nSPS) is 19.3.